The maximum atomic E-state index is 7.25. The molecule has 0 unspecified atom stereocenters. The van der Waals surface area contributed by atoms with E-state index in [1.54, 1.807) is 6.08 Å². The van der Waals surface area contributed by atoms with Crippen molar-refractivity contribution in [3.63, 3.8) is 0 Å². The Hall–Kier alpha value is -1.15. The molecule has 60 valence electrons. The summed E-state index contributed by atoms with van der Waals surface area (Å²) in [7, 11) is 1.50. The number of nitrogens with two attached hydrogens (primary N) is 1. The average molecular weight is 150 g/mol. The van der Waals surface area contributed by atoms with Gasteiger partial charge in [-0.3, -0.25) is 0 Å². The second-order valence-electron chi connectivity index (χ2n) is 2.16. The van der Waals surface area contributed by atoms with E-state index in [9.17, 15) is 0 Å². The molecule has 3 N–H and O–H groups in total. The van der Waals surface area contributed by atoms with Crippen LogP contribution >= 0.6 is 0 Å². The van der Waals surface area contributed by atoms with Gasteiger partial charge in [0, 0.05) is 0 Å². The summed E-state index contributed by atoms with van der Waals surface area (Å²) in [6.07, 6.45) is 5.58. The Labute approximate surface area is 67.6 Å². The monoisotopic (exact) mass is 150 g/mol. The van der Waals surface area contributed by atoms with Gasteiger partial charge in [-0.1, -0.05) is 24.3 Å². The van der Waals surface area contributed by atoms with E-state index in [0.717, 1.165) is 11.1 Å². The van der Waals surface area contributed by atoms with Crippen molar-refractivity contribution < 1.29 is 0 Å². The first-order chi connectivity index (χ1) is 5.20. The van der Waals surface area contributed by atoms with Gasteiger partial charge in [0.25, 0.3) is 0 Å². The molecule has 11 heavy (non-hydrogen) atoms. The molecule has 0 saturated carbocycles. The maximum absolute atomic E-state index is 7.25. The minimum atomic E-state index is 0.514. The van der Waals surface area contributed by atoms with Gasteiger partial charge in [0.2, 0.25) is 0 Å². The molecule has 0 atom stereocenters. The molecule has 2 heteroatoms. The lowest BCUT2D eigenvalue weighted by Gasteiger charge is -2.03. The van der Waals surface area contributed by atoms with Crippen molar-refractivity contribution in [3.8, 4) is 0 Å². The number of hydrogen-bond acceptors (Lipinski definition) is 2. The second-order valence-corrected chi connectivity index (χ2v) is 2.16. The molecule has 0 aliphatic heterocycles. The standard InChI is InChI=1S/C8H9N.CH5N/c1-6-3-4-8(9)7(2)5-6;1-2/h3-5,9H,2H2,1H3;2H2,1H3. The Bertz CT molecular complexity index is 222. The summed E-state index contributed by atoms with van der Waals surface area (Å²) < 4.78 is 0. The number of rotatable bonds is 0. The van der Waals surface area contributed by atoms with Crippen molar-refractivity contribution in [2.24, 2.45) is 5.73 Å². The van der Waals surface area contributed by atoms with Crippen LogP contribution in [-0.2, 0) is 0 Å². The van der Waals surface area contributed by atoms with Gasteiger partial charge in [0.15, 0.2) is 0 Å². The zero-order valence-electron chi connectivity index (χ0n) is 7.02. The van der Waals surface area contributed by atoms with Crippen LogP contribution in [0.1, 0.15) is 6.92 Å². The molecule has 0 amide bonds. The molecule has 0 heterocycles. The Balaban J connectivity index is 0.000000461. The minimum Gasteiger partial charge on any atom is -0.333 e. The Morgan fingerprint density at radius 1 is 1.36 bits per heavy atom. The van der Waals surface area contributed by atoms with Crippen LogP contribution in [0.3, 0.4) is 0 Å². The van der Waals surface area contributed by atoms with Crippen molar-refractivity contribution >= 4 is 5.71 Å². The molecule has 0 radical (unpaired) electrons. The van der Waals surface area contributed by atoms with E-state index in [0.29, 0.717) is 5.71 Å². The molecule has 0 spiro atoms. The highest BCUT2D eigenvalue weighted by molar-refractivity contribution is 6.09. The van der Waals surface area contributed by atoms with Gasteiger partial charge in [-0.25, -0.2) is 0 Å². The summed E-state index contributed by atoms with van der Waals surface area (Å²) in [5.41, 5.74) is 6.98. The minimum absolute atomic E-state index is 0.514. The Morgan fingerprint density at radius 2 is 1.91 bits per heavy atom. The van der Waals surface area contributed by atoms with Crippen LogP contribution in [-0.4, -0.2) is 12.8 Å². The van der Waals surface area contributed by atoms with Gasteiger partial charge < -0.3 is 11.1 Å². The van der Waals surface area contributed by atoms with Crippen molar-refractivity contribution in [2.75, 3.05) is 7.05 Å². The van der Waals surface area contributed by atoms with Gasteiger partial charge in [-0.05, 0) is 25.6 Å². The van der Waals surface area contributed by atoms with Crippen LogP contribution in [0.2, 0.25) is 0 Å². The van der Waals surface area contributed by atoms with E-state index < -0.39 is 0 Å². The van der Waals surface area contributed by atoms with Gasteiger partial charge in [-0.2, -0.15) is 0 Å². The summed E-state index contributed by atoms with van der Waals surface area (Å²) >= 11 is 0. The van der Waals surface area contributed by atoms with Gasteiger partial charge in [0.05, 0.1) is 5.71 Å². The predicted molar refractivity (Wildman–Crippen MR) is 49.9 cm³/mol. The third-order valence-electron chi connectivity index (χ3n) is 1.26. The average Bonchev–Trinajstić information content (AvgIpc) is 2.02. The van der Waals surface area contributed by atoms with Crippen LogP contribution in [0.25, 0.3) is 0 Å². The van der Waals surface area contributed by atoms with Crippen molar-refractivity contribution in [3.05, 3.63) is 36.0 Å². The quantitative estimate of drug-likeness (QED) is 0.542. The predicted octanol–water partition coefficient (Wildman–Crippen LogP) is 1.65. The molecular weight excluding hydrogens is 136 g/mol. The van der Waals surface area contributed by atoms with Crippen LogP contribution in [0.15, 0.2) is 36.0 Å². The van der Waals surface area contributed by atoms with E-state index in [-0.39, 0.29) is 0 Å². The van der Waals surface area contributed by atoms with E-state index >= 15 is 0 Å². The molecule has 0 aromatic carbocycles. The van der Waals surface area contributed by atoms with Crippen molar-refractivity contribution in [1.82, 2.24) is 0 Å². The largest absolute Gasteiger partial charge is 0.333 e. The molecule has 2 nitrogen and oxygen atoms in total. The van der Waals surface area contributed by atoms with Crippen molar-refractivity contribution in [1.29, 1.82) is 5.41 Å². The molecule has 0 aromatic heterocycles. The first kappa shape index (κ1) is 9.85. The normalized spacial score (nSPS) is 15.4. The lowest BCUT2D eigenvalue weighted by molar-refractivity contribution is 1.44. The van der Waals surface area contributed by atoms with Crippen LogP contribution in [0, 0.1) is 5.41 Å². The number of allylic oxidation sites excluding steroid dienone is 5. The Morgan fingerprint density at radius 3 is 2.27 bits per heavy atom. The molecule has 0 fully saturated rings. The summed E-state index contributed by atoms with van der Waals surface area (Å²) in [6, 6.07) is 0. The fraction of sp³-hybridized carbons (Fsp3) is 0.222. The van der Waals surface area contributed by atoms with Gasteiger partial charge in [0.1, 0.15) is 0 Å². The van der Waals surface area contributed by atoms with E-state index in [1.807, 2.05) is 19.1 Å². The van der Waals surface area contributed by atoms with E-state index in [4.69, 9.17) is 5.41 Å². The van der Waals surface area contributed by atoms with E-state index in [1.165, 1.54) is 7.05 Å². The molecule has 0 aromatic rings. The van der Waals surface area contributed by atoms with Crippen LogP contribution in [0.5, 0.6) is 0 Å². The molecule has 1 aliphatic rings. The summed E-state index contributed by atoms with van der Waals surface area (Å²) in [5.74, 6) is 0. The first-order valence-corrected chi connectivity index (χ1v) is 3.42. The topological polar surface area (TPSA) is 49.9 Å². The molecular formula is C9H14N2. The Kier molecular flexibility index (Phi) is 4.15. The summed E-state index contributed by atoms with van der Waals surface area (Å²) in [5, 5.41) is 7.25. The zero-order chi connectivity index (χ0) is 8.85. The van der Waals surface area contributed by atoms with Gasteiger partial charge >= 0.3 is 0 Å². The lowest BCUT2D eigenvalue weighted by atomic mass is 10.0. The molecule has 0 bridgehead atoms. The zero-order valence-corrected chi connectivity index (χ0v) is 7.02. The second kappa shape index (κ2) is 4.63. The summed E-state index contributed by atoms with van der Waals surface area (Å²) in [6.45, 7) is 5.69. The molecule has 1 rings (SSSR count). The highest BCUT2D eigenvalue weighted by atomic mass is 14.4. The highest BCUT2D eigenvalue weighted by Crippen LogP contribution is 2.09. The molecule has 0 saturated heterocycles. The van der Waals surface area contributed by atoms with Gasteiger partial charge in [-0.15, -0.1) is 0 Å². The first-order valence-electron chi connectivity index (χ1n) is 3.42. The van der Waals surface area contributed by atoms with Crippen LogP contribution < -0.4 is 5.73 Å². The SMILES string of the molecule is C=C1C=C(C)C=CC1=N.CN. The van der Waals surface area contributed by atoms with Crippen LogP contribution in [0.4, 0.5) is 0 Å². The summed E-state index contributed by atoms with van der Waals surface area (Å²) in [4.78, 5) is 0. The third-order valence-corrected chi connectivity index (χ3v) is 1.26. The lowest BCUT2D eigenvalue weighted by Crippen LogP contribution is -1.97. The number of hydrogen-bond donors (Lipinski definition) is 2. The fourth-order valence-corrected chi connectivity index (χ4v) is 0.723. The molecule has 1 aliphatic carbocycles. The third kappa shape index (κ3) is 2.96. The van der Waals surface area contributed by atoms with E-state index in [2.05, 4.69) is 12.3 Å². The van der Waals surface area contributed by atoms with Crippen molar-refractivity contribution in [2.45, 2.75) is 6.92 Å². The smallest absolute Gasteiger partial charge is 0.0606 e. The maximum Gasteiger partial charge on any atom is 0.0606 e. The highest BCUT2D eigenvalue weighted by Gasteiger charge is 1.99. The number of nitrogens with one attached hydrogen (secondary N) is 1. The fourth-order valence-electron chi connectivity index (χ4n) is 0.723.